The van der Waals surface area contributed by atoms with Crippen molar-refractivity contribution in [2.45, 2.75) is 11.1 Å². The molecule has 0 aliphatic carbocycles. The molecule has 1 aromatic rings. The van der Waals surface area contributed by atoms with E-state index in [4.69, 9.17) is 40.1 Å². The minimum absolute atomic E-state index is 0.252. The van der Waals surface area contributed by atoms with Gasteiger partial charge in [-0.15, -0.1) is 0 Å². The highest BCUT2D eigenvalue weighted by molar-refractivity contribution is 8.04. The Bertz CT molecular complexity index is 469. The predicted octanol–water partition coefficient (Wildman–Crippen LogP) is 4.63. The van der Waals surface area contributed by atoms with Crippen molar-refractivity contribution < 1.29 is 13.2 Å². The number of thiocyanates is 1. The van der Waals surface area contributed by atoms with Gasteiger partial charge in [-0.05, 0) is 11.8 Å². The maximum Gasteiger partial charge on any atom is 0.434 e. The maximum atomic E-state index is 12.4. The maximum absolute atomic E-state index is 12.4. The minimum Gasteiger partial charge on any atom is -0.228 e. The zero-order valence-corrected chi connectivity index (χ0v) is 10.2. The van der Waals surface area contributed by atoms with E-state index in [0.29, 0.717) is 11.8 Å². The summed E-state index contributed by atoms with van der Waals surface area (Å²) in [7, 11) is 0. The van der Waals surface area contributed by atoms with E-state index in [2.05, 4.69) is 4.98 Å². The molecule has 1 rings (SSSR count). The summed E-state index contributed by atoms with van der Waals surface area (Å²) < 4.78 is 37.3. The third-order valence-corrected chi connectivity index (χ3v) is 3.45. The van der Waals surface area contributed by atoms with E-state index >= 15 is 0 Å². The summed E-state index contributed by atoms with van der Waals surface area (Å²) in [6, 6.07) is 0. The van der Waals surface area contributed by atoms with Gasteiger partial charge >= 0.3 is 6.18 Å². The van der Waals surface area contributed by atoms with Gasteiger partial charge in [0.1, 0.15) is 10.6 Å². The summed E-state index contributed by atoms with van der Waals surface area (Å²) in [5.74, 6) is 0. The fraction of sp³-hybridized carbons (Fsp3) is 0.143. The van der Waals surface area contributed by atoms with Crippen molar-refractivity contribution in [1.29, 1.82) is 5.26 Å². The van der Waals surface area contributed by atoms with Crippen LogP contribution in [0.25, 0.3) is 0 Å². The van der Waals surface area contributed by atoms with E-state index in [1.54, 1.807) is 5.40 Å². The molecule has 86 valence electrons. The van der Waals surface area contributed by atoms with Gasteiger partial charge in [0.2, 0.25) is 0 Å². The SMILES string of the molecule is N#CSc1c(Cl)c(Cl)nc(C(F)(F)F)c1Cl. The Morgan fingerprint density at radius 1 is 1.19 bits per heavy atom. The number of thioether (sulfide) groups is 1. The Balaban J connectivity index is 3.52. The third kappa shape index (κ3) is 2.66. The zero-order chi connectivity index (χ0) is 12.5. The molecule has 0 atom stereocenters. The molecule has 0 N–H and O–H groups in total. The van der Waals surface area contributed by atoms with Gasteiger partial charge < -0.3 is 0 Å². The largest absolute Gasteiger partial charge is 0.434 e. The standard InChI is InChI=1S/C7Cl3F3N2S/c8-2-4(16-1-14)3(9)6(10)15-5(2)7(11,12)13. The molecule has 0 aliphatic rings. The van der Waals surface area contributed by atoms with Gasteiger partial charge in [0.25, 0.3) is 0 Å². The van der Waals surface area contributed by atoms with Crippen LogP contribution >= 0.6 is 46.6 Å². The first-order valence-electron chi connectivity index (χ1n) is 3.46. The fourth-order valence-electron chi connectivity index (χ4n) is 0.817. The topological polar surface area (TPSA) is 36.7 Å². The van der Waals surface area contributed by atoms with Crippen LogP contribution in [0.1, 0.15) is 5.69 Å². The summed E-state index contributed by atoms with van der Waals surface area (Å²) in [6.45, 7) is 0. The van der Waals surface area contributed by atoms with E-state index in [-0.39, 0.29) is 9.92 Å². The summed E-state index contributed by atoms with van der Waals surface area (Å²) in [5, 5.41) is 8.42. The first-order valence-corrected chi connectivity index (χ1v) is 5.41. The van der Waals surface area contributed by atoms with Gasteiger partial charge in [-0.2, -0.15) is 18.4 Å². The van der Waals surface area contributed by atoms with Gasteiger partial charge in [-0.25, -0.2) is 4.98 Å². The second-order valence-corrected chi connectivity index (χ2v) is 4.31. The molecule has 0 radical (unpaired) electrons. The second-order valence-electron chi connectivity index (χ2n) is 2.40. The van der Waals surface area contributed by atoms with Crippen molar-refractivity contribution in [3.05, 3.63) is 20.9 Å². The van der Waals surface area contributed by atoms with E-state index in [1.807, 2.05) is 0 Å². The number of halogens is 6. The van der Waals surface area contributed by atoms with Crippen molar-refractivity contribution in [1.82, 2.24) is 4.98 Å². The van der Waals surface area contributed by atoms with E-state index < -0.39 is 22.0 Å². The third-order valence-electron chi connectivity index (χ3n) is 1.41. The van der Waals surface area contributed by atoms with Crippen LogP contribution in [0.4, 0.5) is 13.2 Å². The summed E-state index contributed by atoms with van der Waals surface area (Å²) >= 11 is 16.8. The Hall–Kier alpha value is -0.350. The first-order chi connectivity index (χ1) is 7.29. The van der Waals surface area contributed by atoms with Crippen LogP contribution in [0.3, 0.4) is 0 Å². The average molecular weight is 308 g/mol. The highest BCUT2D eigenvalue weighted by atomic mass is 35.5. The number of rotatable bonds is 1. The van der Waals surface area contributed by atoms with Crippen LogP contribution in [0, 0.1) is 10.7 Å². The number of nitriles is 1. The van der Waals surface area contributed by atoms with Crippen LogP contribution < -0.4 is 0 Å². The molecule has 0 amide bonds. The first kappa shape index (κ1) is 13.7. The van der Waals surface area contributed by atoms with Crippen LogP contribution in [0.15, 0.2) is 4.90 Å². The van der Waals surface area contributed by atoms with Gasteiger partial charge in [-0.1, -0.05) is 34.8 Å². The lowest BCUT2D eigenvalue weighted by Gasteiger charge is -2.11. The van der Waals surface area contributed by atoms with Gasteiger partial charge in [0.15, 0.2) is 5.69 Å². The highest BCUT2D eigenvalue weighted by Crippen LogP contribution is 2.43. The number of alkyl halides is 3. The summed E-state index contributed by atoms with van der Waals surface area (Å²) in [5.41, 5.74) is -1.36. The number of hydrogen-bond acceptors (Lipinski definition) is 3. The van der Waals surface area contributed by atoms with Crippen molar-refractivity contribution in [2.24, 2.45) is 0 Å². The van der Waals surface area contributed by atoms with Gasteiger partial charge in [0.05, 0.1) is 14.9 Å². The molecule has 0 fully saturated rings. The molecule has 1 aromatic heterocycles. The summed E-state index contributed by atoms with van der Waals surface area (Å²) in [4.78, 5) is 2.79. The Morgan fingerprint density at radius 2 is 1.75 bits per heavy atom. The molecule has 16 heavy (non-hydrogen) atoms. The lowest BCUT2D eigenvalue weighted by Crippen LogP contribution is -2.10. The minimum atomic E-state index is -4.75. The molecule has 0 bridgehead atoms. The monoisotopic (exact) mass is 306 g/mol. The number of nitrogens with zero attached hydrogens (tertiary/aromatic N) is 2. The van der Waals surface area contributed by atoms with Gasteiger partial charge in [0, 0.05) is 0 Å². The number of aromatic nitrogens is 1. The van der Waals surface area contributed by atoms with Crippen LogP contribution in [-0.4, -0.2) is 4.98 Å². The number of hydrogen-bond donors (Lipinski definition) is 0. The molecule has 0 aliphatic heterocycles. The Kier molecular flexibility index (Phi) is 4.18. The highest BCUT2D eigenvalue weighted by Gasteiger charge is 2.37. The molecule has 1 heterocycles. The molecule has 9 heteroatoms. The molecular formula is C7Cl3F3N2S. The lowest BCUT2D eigenvalue weighted by atomic mass is 10.3. The lowest BCUT2D eigenvalue weighted by molar-refractivity contribution is -0.141. The van der Waals surface area contributed by atoms with Crippen LogP contribution in [0.2, 0.25) is 15.2 Å². The van der Waals surface area contributed by atoms with E-state index in [1.165, 1.54) is 0 Å². The molecule has 2 nitrogen and oxygen atoms in total. The van der Waals surface area contributed by atoms with Gasteiger partial charge in [-0.3, -0.25) is 0 Å². The number of pyridine rings is 1. The van der Waals surface area contributed by atoms with Crippen molar-refractivity contribution in [3.8, 4) is 5.40 Å². The van der Waals surface area contributed by atoms with Crippen molar-refractivity contribution in [3.63, 3.8) is 0 Å². The Morgan fingerprint density at radius 3 is 2.19 bits per heavy atom. The fourth-order valence-corrected chi connectivity index (χ4v) is 2.18. The Labute approximate surface area is 107 Å². The molecule has 0 saturated heterocycles. The average Bonchev–Trinajstić information content (AvgIpc) is 2.16. The second kappa shape index (κ2) is 4.88. The van der Waals surface area contributed by atoms with Crippen LogP contribution in [-0.2, 0) is 6.18 Å². The smallest absolute Gasteiger partial charge is 0.228 e. The normalized spacial score (nSPS) is 11.3. The van der Waals surface area contributed by atoms with Crippen molar-refractivity contribution in [2.75, 3.05) is 0 Å². The van der Waals surface area contributed by atoms with Crippen molar-refractivity contribution >= 4 is 46.6 Å². The summed E-state index contributed by atoms with van der Waals surface area (Å²) in [6.07, 6.45) is -4.75. The predicted molar refractivity (Wildman–Crippen MR) is 55.7 cm³/mol. The quantitative estimate of drug-likeness (QED) is 0.431. The van der Waals surface area contributed by atoms with Crippen LogP contribution in [0.5, 0.6) is 0 Å². The zero-order valence-electron chi connectivity index (χ0n) is 7.07. The molecule has 0 aromatic carbocycles. The van der Waals surface area contributed by atoms with E-state index in [0.717, 1.165) is 0 Å². The molecular weight excluding hydrogens is 308 g/mol. The van der Waals surface area contributed by atoms with E-state index in [9.17, 15) is 13.2 Å². The molecule has 0 unspecified atom stereocenters. The molecule has 0 saturated carbocycles. The molecule has 0 spiro atoms.